The van der Waals surface area contributed by atoms with E-state index in [0.29, 0.717) is 25.0 Å². The number of hydrogen-bond acceptors (Lipinski definition) is 3. The Bertz CT molecular complexity index is 298. The summed E-state index contributed by atoms with van der Waals surface area (Å²) in [6, 6.07) is 0.295. The van der Waals surface area contributed by atoms with Crippen molar-refractivity contribution in [2.24, 2.45) is 10.7 Å². The smallest absolute Gasteiger partial charge is 0.188 e. The molecule has 90 valence electrons. The van der Waals surface area contributed by atoms with Crippen molar-refractivity contribution in [1.82, 2.24) is 5.32 Å². The van der Waals surface area contributed by atoms with Gasteiger partial charge in [-0.1, -0.05) is 6.92 Å². The van der Waals surface area contributed by atoms with E-state index in [2.05, 4.69) is 17.2 Å². The first-order valence-corrected chi connectivity index (χ1v) is 7.15. The third-order valence-corrected chi connectivity index (χ3v) is 2.99. The van der Waals surface area contributed by atoms with Crippen molar-refractivity contribution in [3.05, 3.63) is 0 Å². The highest BCUT2D eigenvalue weighted by molar-refractivity contribution is 7.90. The molecule has 0 rings (SSSR count). The summed E-state index contributed by atoms with van der Waals surface area (Å²) in [5, 5.41) is 3.01. The van der Waals surface area contributed by atoms with Crippen molar-refractivity contribution in [2.45, 2.75) is 32.7 Å². The second kappa shape index (κ2) is 6.66. The highest BCUT2D eigenvalue weighted by Crippen LogP contribution is 1.90. The molecule has 1 atom stereocenters. The second-order valence-electron chi connectivity index (χ2n) is 3.70. The SMILES string of the molecule is CCC(C)NC(N)=NCCCS(C)(=O)=O. The molecule has 0 aliphatic rings. The Kier molecular flexibility index (Phi) is 6.31. The molecule has 15 heavy (non-hydrogen) atoms. The highest BCUT2D eigenvalue weighted by Gasteiger charge is 2.01. The molecule has 0 saturated heterocycles. The zero-order valence-corrected chi connectivity index (χ0v) is 10.5. The minimum Gasteiger partial charge on any atom is -0.370 e. The Labute approximate surface area is 92.1 Å². The van der Waals surface area contributed by atoms with Gasteiger partial charge >= 0.3 is 0 Å². The fraction of sp³-hybridized carbons (Fsp3) is 0.889. The second-order valence-corrected chi connectivity index (χ2v) is 5.96. The quantitative estimate of drug-likeness (QED) is 0.389. The fourth-order valence-corrected chi connectivity index (χ4v) is 1.58. The van der Waals surface area contributed by atoms with Crippen LogP contribution in [0.5, 0.6) is 0 Å². The lowest BCUT2D eigenvalue weighted by Crippen LogP contribution is -2.38. The van der Waals surface area contributed by atoms with E-state index in [0.717, 1.165) is 6.42 Å². The normalized spacial score (nSPS) is 15.0. The maximum atomic E-state index is 10.8. The van der Waals surface area contributed by atoms with Crippen molar-refractivity contribution < 1.29 is 8.42 Å². The van der Waals surface area contributed by atoms with Gasteiger partial charge in [0, 0.05) is 18.8 Å². The third-order valence-electron chi connectivity index (χ3n) is 1.96. The van der Waals surface area contributed by atoms with Crippen molar-refractivity contribution in [2.75, 3.05) is 18.6 Å². The first kappa shape index (κ1) is 14.2. The number of rotatable bonds is 6. The Hall–Kier alpha value is -0.780. The van der Waals surface area contributed by atoms with E-state index < -0.39 is 9.84 Å². The van der Waals surface area contributed by atoms with Gasteiger partial charge in [-0.2, -0.15) is 0 Å². The molecule has 0 saturated carbocycles. The number of aliphatic imine (C=N–C) groups is 1. The van der Waals surface area contributed by atoms with Crippen LogP contribution in [0.1, 0.15) is 26.7 Å². The van der Waals surface area contributed by atoms with Gasteiger partial charge in [-0.15, -0.1) is 0 Å². The van der Waals surface area contributed by atoms with Gasteiger partial charge in [-0.3, -0.25) is 4.99 Å². The van der Waals surface area contributed by atoms with E-state index in [1.807, 2.05) is 6.92 Å². The maximum absolute atomic E-state index is 10.8. The number of nitrogens with two attached hydrogens (primary N) is 1. The average Bonchev–Trinajstić information content (AvgIpc) is 2.11. The molecule has 6 heteroatoms. The lowest BCUT2D eigenvalue weighted by atomic mass is 10.3. The molecule has 0 aromatic carbocycles. The molecule has 0 aliphatic heterocycles. The summed E-state index contributed by atoms with van der Waals surface area (Å²) in [5.74, 6) is 0.547. The zero-order valence-electron chi connectivity index (χ0n) is 9.66. The van der Waals surface area contributed by atoms with Crippen LogP contribution in [0.15, 0.2) is 4.99 Å². The van der Waals surface area contributed by atoms with Crippen LogP contribution in [-0.4, -0.2) is 39.0 Å². The number of nitrogens with one attached hydrogen (secondary N) is 1. The van der Waals surface area contributed by atoms with Gasteiger partial charge in [0.2, 0.25) is 0 Å². The van der Waals surface area contributed by atoms with E-state index in [-0.39, 0.29) is 5.75 Å². The van der Waals surface area contributed by atoms with Crippen LogP contribution in [0, 0.1) is 0 Å². The van der Waals surface area contributed by atoms with E-state index in [4.69, 9.17) is 5.73 Å². The molecule has 5 nitrogen and oxygen atoms in total. The van der Waals surface area contributed by atoms with Crippen molar-refractivity contribution in [3.8, 4) is 0 Å². The lowest BCUT2D eigenvalue weighted by molar-refractivity contribution is 0.599. The van der Waals surface area contributed by atoms with Crippen LogP contribution in [0.3, 0.4) is 0 Å². The molecule has 0 amide bonds. The van der Waals surface area contributed by atoms with Gasteiger partial charge in [0.1, 0.15) is 9.84 Å². The Balaban J connectivity index is 3.77. The summed E-state index contributed by atoms with van der Waals surface area (Å²) >= 11 is 0. The van der Waals surface area contributed by atoms with Crippen LogP contribution in [0.4, 0.5) is 0 Å². The van der Waals surface area contributed by atoms with E-state index in [9.17, 15) is 8.42 Å². The topological polar surface area (TPSA) is 84.5 Å². The monoisotopic (exact) mass is 235 g/mol. The minimum absolute atomic E-state index is 0.160. The van der Waals surface area contributed by atoms with Crippen molar-refractivity contribution in [1.29, 1.82) is 0 Å². The van der Waals surface area contributed by atoms with Gasteiger partial charge in [-0.05, 0) is 19.8 Å². The summed E-state index contributed by atoms with van der Waals surface area (Å²) in [4.78, 5) is 4.03. The van der Waals surface area contributed by atoms with Crippen molar-refractivity contribution in [3.63, 3.8) is 0 Å². The minimum atomic E-state index is -2.88. The van der Waals surface area contributed by atoms with Crippen LogP contribution in [-0.2, 0) is 9.84 Å². The van der Waals surface area contributed by atoms with Crippen molar-refractivity contribution >= 4 is 15.8 Å². The number of sulfone groups is 1. The molecule has 0 bridgehead atoms. The van der Waals surface area contributed by atoms with Gasteiger partial charge in [0.05, 0.1) is 5.75 Å². The predicted octanol–water partition coefficient (Wildman–Crippen LogP) is 0.124. The van der Waals surface area contributed by atoms with Gasteiger partial charge in [0.15, 0.2) is 5.96 Å². The third kappa shape index (κ3) is 9.52. The fourth-order valence-electron chi connectivity index (χ4n) is 0.926. The molecular weight excluding hydrogens is 214 g/mol. The summed E-state index contributed by atoms with van der Waals surface area (Å²) < 4.78 is 21.6. The Morgan fingerprint density at radius 2 is 2.13 bits per heavy atom. The maximum Gasteiger partial charge on any atom is 0.188 e. The average molecular weight is 235 g/mol. The molecule has 1 unspecified atom stereocenters. The number of hydrogen-bond donors (Lipinski definition) is 2. The largest absolute Gasteiger partial charge is 0.370 e. The molecule has 3 N–H and O–H groups in total. The molecule has 0 radical (unpaired) electrons. The zero-order chi connectivity index (χ0) is 11.9. The molecule has 0 aromatic heterocycles. The summed E-state index contributed by atoms with van der Waals surface area (Å²) in [6.45, 7) is 4.51. The van der Waals surface area contributed by atoms with Crippen LogP contribution in [0.25, 0.3) is 0 Å². The van der Waals surface area contributed by atoms with Crippen LogP contribution >= 0.6 is 0 Å². The molecular formula is C9H21N3O2S. The van der Waals surface area contributed by atoms with E-state index in [1.54, 1.807) is 0 Å². The molecule has 0 heterocycles. The van der Waals surface area contributed by atoms with Gasteiger partial charge < -0.3 is 11.1 Å². The van der Waals surface area contributed by atoms with E-state index in [1.165, 1.54) is 6.26 Å². The first-order valence-electron chi connectivity index (χ1n) is 5.09. The molecule has 0 spiro atoms. The molecule has 0 fully saturated rings. The molecule has 0 aromatic rings. The first-order chi connectivity index (χ1) is 6.85. The summed E-state index contributed by atoms with van der Waals surface area (Å²) in [5.41, 5.74) is 5.59. The Morgan fingerprint density at radius 1 is 1.53 bits per heavy atom. The summed E-state index contributed by atoms with van der Waals surface area (Å²) in [6.07, 6.45) is 2.71. The standard InChI is InChI=1S/C9H21N3O2S/c1-4-8(2)12-9(10)11-6-5-7-15(3,13)14/h8H,4-7H2,1-3H3,(H3,10,11,12). The van der Waals surface area contributed by atoms with Crippen LogP contribution in [0.2, 0.25) is 0 Å². The number of nitrogens with zero attached hydrogens (tertiary/aromatic N) is 1. The molecule has 0 aliphatic carbocycles. The van der Waals surface area contributed by atoms with Crippen LogP contribution < -0.4 is 11.1 Å². The predicted molar refractivity (Wildman–Crippen MR) is 63.7 cm³/mol. The van der Waals surface area contributed by atoms with E-state index >= 15 is 0 Å². The highest BCUT2D eigenvalue weighted by atomic mass is 32.2. The Morgan fingerprint density at radius 3 is 2.60 bits per heavy atom. The van der Waals surface area contributed by atoms with Gasteiger partial charge in [0.25, 0.3) is 0 Å². The lowest BCUT2D eigenvalue weighted by Gasteiger charge is -2.11. The van der Waals surface area contributed by atoms with Gasteiger partial charge in [-0.25, -0.2) is 8.42 Å². The summed E-state index contributed by atoms with van der Waals surface area (Å²) in [7, 11) is -2.88. The number of guanidine groups is 1.